The predicted molar refractivity (Wildman–Crippen MR) is 82.7 cm³/mol. The van der Waals surface area contributed by atoms with E-state index in [1.54, 1.807) is 30.1 Å². The lowest BCUT2D eigenvalue weighted by Crippen LogP contribution is -2.47. The van der Waals surface area contributed by atoms with Crippen molar-refractivity contribution in [1.29, 1.82) is 0 Å². The highest BCUT2D eigenvalue weighted by Gasteiger charge is 2.20. The second-order valence-electron chi connectivity index (χ2n) is 5.01. The second-order valence-corrected chi connectivity index (χ2v) is 7.56. The Morgan fingerprint density at radius 2 is 2.21 bits per heavy atom. The van der Waals surface area contributed by atoms with Crippen LogP contribution in [0.3, 0.4) is 0 Å². The molecule has 2 N–H and O–H groups in total. The van der Waals surface area contributed by atoms with Crippen LogP contribution in [0.2, 0.25) is 0 Å². The van der Waals surface area contributed by atoms with Gasteiger partial charge in [-0.1, -0.05) is 0 Å². The van der Waals surface area contributed by atoms with Crippen molar-refractivity contribution < 1.29 is 9.90 Å². The normalized spacial score (nSPS) is 11.4. The first-order valence-electron chi connectivity index (χ1n) is 6.31. The van der Waals surface area contributed by atoms with Crippen molar-refractivity contribution in [2.24, 2.45) is 0 Å². The summed E-state index contributed by atoms with van der Waals surface area (Å²) in [5, 5.41) is 12.6. The van der Waals surface area contributed by atoms with Gasteiger partial charge >= 0.3 is 6.03 Å². The Morgan fingerprint density at radius 1 is 1.53 bits per heavy atom. The number of carbonyl (C=O) groups excluding carboxylic acids is 1. The molecule has 0 spiro atoms. The third-order valence-corrected chi connectivity index (χ3v) is 4.21. The minimum absolute atomic E-state index is 0.125. The Morgan fingerprint density at radius 3 is 2.68 bits per heavy atom. The number of thiophene rings is 1. The zero-order chi connectivity index (χ0) is 14.5. The first-order valence-corrected chi connectivity index (χ1v) is 7.92. The molecule has 0 saturated heterocycles. The summed E-state index contributed by atoms with van der Waals surface area (Å²) in [6, 6.07) is 3.93. The van der Waals surface area contributed by atoms with Gasteiger partial charge in [-0.15, -0.1) is 11.3 Å². The number of halogens is 1. The maximum absolute atomic E-state index is 11.9. The molecule has 6 heteroatoms. The van der Waals surface area contributed by atoms with Crippen molar-refractivity contribution in [3.8, 4) is 0 Å². The average Bonchev–Trinajstić information content (AvgIpc) is 2.70. The Hall–Kier alpha value is -0.590. The molecule has 108 valence electrons. The topological polar surface area (TPSA) is 52.6 Å². The zero-order valence-electron chi connectivity index (χ0n) is 11.6. The Balaban J connectivity index is 2.36. The number of aliphatic hydroxyl groups is 1. The summed E-state index contributed by atoms with van der Waals surface area (Å²) in [6.45, 7) is 6.83. The zero-order valence-corrected chi connectivity index (χ0v) is 14.0. The van der Waals surface area contributed by atoms with E-state index in [2.05, 4.69) is 27.3 Å². The second kappa shape index (κ2) is 7.26. The molecule has 0 bridgehead atoms. The van der Waals surface area contributed by atoms with Crippen LogP contribution in [0.25, 0.3) is 0 Å². The van der Waals surface area contributed by atoms with E-state index in [1.165, 1.54) is 4.88 Å². The summed E-state index contributed by atoms with van der Waals surface area (Å²) in [5.41, 5.74) is -0.869. The summed E-state index contributed by atoms with van der Waals surface area (Å²) in [7, 11) is 0. The molecule has 19 heavy (non-hydrogen) atoms. The minimum Gasteiger partial charge on any atom is -0.389 e. The average molecular weight is 349 g/mol. The standard InChI is InChI=1S/C13H21BrN2O2S/c1-4-16(9-13(2,3)18)12(17)15-8-7-10-5-6-11(14)19-10/h5-6,18H,4,7-9H2,1-3H3,(H,15,17). The quantitative estimate of drug-likeness (QED) is 0.830. The van der Waals surface area contributed by atoms with Crippen molar-refractivity contribution >= 4 is 33.3 Å². The number of nitrogens with one attached hydrogen (secondary N) is 1. The molecule has 2 amide bonds. The molecule has 0 unspecified atom stereocenters. The van der Waals surface area contributed by atoms with E-state index in [-0.39, 0.29) is 6.03 Å². The summed E-state index contributed by atoms with van der Waals surface area (Å²) < 4.78 is 1.10. The largest absolute Gasteiger partial charge is 0.389 e. The summed E-state index contributed by atoms with van der Waals surface area (Å²) >= 11 is 5.09. The molecule has 0 atom stereocenters. The van der Waals surface area contributed by atoms with Crippen LogP contribution >= 0.6 is 27.3 Å². The van der Waals surface area contributed by atoms with Gasteiger partial charge in [0.2, 0.25) is 0 Å². The van der Waals surface area contributed by atoms with Crippen LogP contribution in [-0.4, -0.2) is 41.3 Å². The van der Waals surface area contributed by atoms with Crippen LogP contribution < -0.4 is 5.32 Å². The molecule has 0 aliphatic heterocycles. The Bertz CT molecular complexity index is 415. The third-order valence-electron chi connectivity index (χ3n) is 2.52. The summed E-state index contributed by atoms with van der Waals surface area (Å²) in [5.74, 6) is 0. The number of nitrogens with zero attached hydrogens (tertiary/aromatic N) is 1. The molecule has 4 nitrogen and oxygen atoms in total. The molecular formula is C13H21BrN2O2S. The summed E-state index contributed by atoms with van der Waals surface area (Å²) in [4.78, 5) is 14.8. The molecule has 1 aromatic rings. The fourth-order valence-electron chi connectivity index (χ4n) is 1.68. The van der Waals surface area contributed by atoms with Gasteiger partial charge in [-0.2, -0.15) is 0 Å². The Kier molecular flexibility index (Phi) is 6.29. The third kappa shape index (κ3) is 6.40. The van der Waals surface area contributed by atoms with Crippen LogP contribution in [-0.2, 0) is 6.42 Å². The predicted octanol–water partition coefficient (Wildman–Crippen LogP) is 2.86. The summed E-state index contributed by atoms with van der Waals surface area (Å²) in [6.07, 6.45) is 0.822. The number of amides is 2. The maximum Gasteiger partial charge on any atom is 0.317 e. The highest BCUT2D eigenvalue weighted by molar-refractivity contribution is 9.11. The van der Waals surface area contributed by atoms with Crippen LogP contribution in [0.5, 0.6) is 0 Å². The molecule has 1 aromatic heterocycles. The van der Waals surface area contributed by atoms with Gasteiger partial charge in [-0.25, -0.2) is 4.79 Å². The molecular weight excluding hydrogens is 328 g/mol. The van der Waals surface area contributed by atoms with E-state index in [0.717, 1.165) is 10.2 Å². The van der Waals surface area contributed by atoms with Crippen molar-refractivity contribution in [2.45, 2.75) is 32.8 Å². The van der Waals surface area contributed by atoms with Gasteiger partial charge in [-0.3, -0.25) is 0 Å². The van der Waals surface area contributed by atoms with E-state index in [0.29, 0.717) is 19.6 Å². The minimum atomic E-state index is -0.869. The van der Waals surface area contributed by atoms with Gasteiger partial charge in [0.05, 0.1) is 15.9 Å². The van der Waals surface area contributed by atoms with Gasteiger partial charge < -0.3 is 15.3 Å². The lowest BCUT2D eigenvalue weighted by Gasteiger charge is -2.28. The van der Waals surface area contributed by atoms with Crippen molar-refractivity contribution in [1.82, 2.24) is 10.2 Å². The number of rotatable bonds is 6. The lowest BCUT2D eigenvalue weighted by molar-refractivity contribution is 0.0480. The molecule has 0 aliphatic rings. The number of urea groups is 1. The van der Waals surface area contributed by atoms with E-state index < -0.39 is 5.60 Å². The van der Waals surface area contributed by atoms with Crippen LogP contribution in [0.1, 0.15) is 25.6 Å². The molecule has 1 heterocycles. The van der Waals surface area contributed by atoms with Gasteiger partial charge in [0, 0.05) is 18.0 Å². The molecule has 0 saturated carbocycles. The van der Waals surface area contributed by atoms with Crippen LogP contribution in [0.4, 0.5) is 4.79 Å². The van der Waals surface area contributed by atoms with Crippen LogP contribution in [0, 0.1) is 0 Å². The molecule has 0 aliphatic carbocycles. The first-order chi connectivity index (χ1) is 8.81. The monoisotopic (exact) mass is 348 g/mol. The molecule has 1 rings (SSSR count). The number of hydrogen-bond acceptors (Lipinski definition) is 3. The SMILES string of the molecule is CCN(CC(C)(C)O)C(=O)NCCc1ccc(Br)s1. The van der Waals surface area contributed by atoms with Crippen molar-refractivity contribution in [3.63, 3.8) is 0 Å². The highest BCUT2D eigenvalue weighted by atomic mass is 79.9. The first kappa shape index (κ1) is 16.5. The van der Waals surface area contributed by atoms with Gasteiger partial charge in [0.25, 0.3) is 0 Å². The van der Waals surface area contributed by atoms with E-state index >= 15 is 0 Å². The fraction of sp³-hybridized carbons (Fsp3) is 0.615. The van der Waals surface area contributed by atoms with E-state index in [1.807, 2.05) is 13.0 Å². The molecule has 0 radical (unpaired) electrons. The van der Waals surface area contributed by atoms with Crippen molar-refractivity contribution in [3.05, 3.63) is 20.8 Å². The molecule has 0 aromatic carbocycles. The smallest absolute Gasteiger partial charge is 0.317 e. The van der Waals surface area contributed by atoms with Gasteiger partial charge in [0.15, 0.2) is 0 Å². The van der Waals surface area contributed by atoms with Gasteiger partial charge in [0.1, 0.15) is 0 Å². The van der Waals surface area contributed by atoms with Gasteiger partial charge in [-0.05, 0) is 55.3 Å². The van der Waals surface area contributed by atoms with E-state index in [9.17, 15) is 9.90 Å². The number of hydrogen-bond donors (Lipinski definition) is 2. The fourth-order valence-corrected chi connectivity index (χ4v) is 3.17. The number of carbonyl (C=O) groups is 1. The number of likely N-dealkylation sites (N-methyl/N-ethyl adjacent to an activating group) is 1. The van der Waals surface area contributed by atoms with Crippen molar-refractivity contribution in [2.75, 3.05) is 19.6 Å². The maximum atomic E-state index is 11.9. The van der Waals surface area contributed by atoms with E-state index in [4.69, 9.17) is 0 Å². The molecule has 0 fully saturated rings. The lowest BCUT2D eigenvalue weighted by atomic mass is 10.1. The van der Waals surface area contributed by atoms with Crippen LogP contribution in [0.15, 0.2) is 15.9 Å². The Labute approximate surface area is 126 Å². The highest BCUT2D eigenvalue weighted by Crippen LogP contribution is 2.22.